The Morgan fingerprint density at radius 3 is 2.15 bits per heavy atom. The summed E-state index contributed by atoms with van der Waals surface area (Å²) in [7, 11) is 1.84. The van der Waals surface area contributed by atoms with Crippen LogP contribution in [-0.2, 0) is 23.9 Å². The van der Waals surface area contributed by atoms with Crippen LogP contribution in [0.25, 0.3) is 0 Å². The van der Waals surface area contributed by atoms with E-state index in [0.717, 1.165) is 82.6 Å². The van der Waals surface area contributed by atoms with Crippen molar-refractivity contribution >= 4 is 23.6 Å². The van der Waals surface area contributed by atoms with E-state index in [1.165, 1.54) is 5.57 Å². The first kappa shape index (κ1) is 39.5. The summed E-state index contributed by atoms with van der Waals surface area (Å²) in [6, 6.07) is 0. The van der Waals surface area contributed by atoms with Crippen LogP contribution >= 0.6 is 0 Å². The van der Waals surface area contributed by atoms with E-state index >= 15 is 0 Å². The van der Waals surface area contributed by atoms with Crippen LogP contribution < -0.4 is 0 Å². The molecule has 5 saturated carbocycles. The number of hydrogen-bond donors (Lipinski definition) is 2. The van der Waals surface area contributed by atoms with E-state index in [1.54, 1.807) is 18.7 Å². The molecule has 0 bridgehead atoms. The Morgan fingerprint density at radius 1 is 0.885 bits per heavy atom. The lowest BCUT2D eigenvalue weighted by Gasteiger charge is -2.72. The molecule has 8 heteroatoms. The summed E-state index contributed by atoms with van der Waals surface area (Å²) in [5.74, 6) is 0.0800. The van der Waals surface area contributed by atoms with Crippen LogP contribution in [0, 0.1) is 62.1 Å². The first-order chi connectivity index (χ1) is 24.1. The Balaban J connectivity index is 1.28. The Hall–Kier alpha value is -2.22. The van der Waals surface area contributed by atoms with Gasteiger partial charge in [0, 0.05) is 36.8 Å². The normalized spacial score (nSPS) is 39.3. The predicted octanol–water partition coefficient (Wildman–Crippen LogP) is 8.39. The molecule has 52 heavy (non-hydrogen) atoms. The van der Waals surface area contributed by atoms with E-state index < -0.39 is 28.9 Å². The Labute approximate surface area is 313 Å². The molecule has 6 aliphatic rings. The average Bonchev–Trinajstić information content (AvgIpc) is 3.69. The van der Waals surface area contributed by atoms with Gasteiger partial charge in [0.2, 0.25) is 5.91 Å². The molecule has 2 N–H and O–H groups in total. The standard InChI is InChI=1S/C44H69NO7/c1-26(2)35-29(46)23-44(32(47)25-45(10)37(49)27-13-11-12-14-27)22-21-42(8)28(36(35)44)15-16-31-41(7)19-18-33(52-34(48)24-39(3,4)38(50)51)40(5,6)30(41)17-20-43(31,42)9/h26-28,30-33,47H,11-25H2,1-10H3,(H,50,51)/t28-,30+,31-,32+,33+,41+,42-,43-,44+/m1/s1. The summed E-state index contributed by atoms with van der Waals surface area (Å²) >= 11 is 0. The largest absolute Gasteiger partial charge is 0.481 e. The number of esters is 1. The zero-order valence-electron chi connectivity index (χ0n) is 34.0. The Bertz CT molecular complexity index is 1500. The van der Waals surface area contributed by atoms with Gasteiger partial charge in [0.1, 0.15) is 6.10 Å². The van der Waals surface area contributed by atoms with Crippen molar-refractivity contribution in [2.24, 2.45) is 62.1 Å². The summed E-state index contributed by atoms with van der Waals surface area (Å²) in [4.78, 5) is 54.1. The van der Waals surface area contributed by atoms with Gasteiger partial charge >= 0.3 is 11.9 Å². The number of rotatable bonds is 9. The molecule has 0 aliphatic heterocycles. The Kier molecular flexibility index (Phi) is 10.0. The number of likely N-dealkylation sites (N-methyl/N-ethyl adjacent to an activating group) is 1. The molecule has 0 aromatic carbocycles. The van der Waals surface area contributed by atoms with Gasteiger partial charge in [-0.15, -0.1) is 0 Å². The van der Waals surface area contributed by atoms with Gasteiger partial charge in [-0.05, 0) is 124 Å². The number of hydrogen-bond acceptors (Lipinski definition) is 6. The maximum atomic E-state index is 14.1. The van der Waals surface area contributed by atoms with Crippen LogP contribution in [-0.4, -0.2) is 64.5 Å². The highest BCUT2D eigenvalue weighted by Crippen LogP contribution is 2.77. The van der Waals surface area contributed by atoms with Crippen LogP contribution in [0.2, 0.25) is 0 Å². The van der Waals surface area contributed by atoms with Crippen LogP contribution in [0.4, 0.5) is 0 Å². The van der Waals surface area contributed by atoms with Crippen LogP contribution in [0.15, 0.2) is 11.1 Å². The van der Waals surface area contributed by atoms with Crippen LogP contribution in [0.1, 0.15) is 152 Å². The second-order valence-electron chi connectivity index (χ2n) is 20.8. The molecule has 0 radical (unpaired) electrons. The fraction of sp³-hybridized carbons (Fsp3) is 0.864. The molecule has 0 aromatic rings. The molecule has 6 aliphatic carbocycles. The lowest BCUT2D eigenvalue weighted by molar-refractivity contribution is -0.235. The third kappa shape index (κ3) is 5.84. The topological polar surface area (TPSA) is 121 Å². The first-order valence-corrected chi connectivity index (χ1v) is 20.7. The van der Waals surface area contributed by atoms with Crippen molar-refractivity contribution in [1.82, 2.24) is 4.90 Å². The van der Waals surface area contributed by atoms with Gasteiger partial charge in [0.25, 0.3) is 0 Å². The molecule has 0 aromatic heterocycles. The van der Waals surface area contributed by atoms with E-state index in [4.69, 9.17) is 4.74 Å². The number of carboxylic acid groups (broad SMARTS) is 1. The fourth-order valence-electron chi connectivity index (χ4n) is 13.9. The number of aliphatic carboxylic acids is 1. The SMILES string of the molecule is CC(C)C1=C2[C@H]3CC[C@@H]4[C@@]5(C)CC[C@H](OC(=O)CC(C)(C)C(=O)O)C(C)(C)[C@@H]5CC[C@@]4(C)[C@]3(C)CC[C@@]2([C@@H](O)CN(C)C(=O)C2CCCC2)CC1=O. The molecule has 0 unspecified atom stereocenters. The molecule has 6 rings (SSSR count). The number of ketones is 1. The second kappa shape index (κ2) is 13.2. The molecule has 1 amide bonds. The summed E-state index contributed by atoms with van der Waals surface area (Å²) in [5, 5.41) is 21.9. The lowest BCUT2D eigenvalue weighted by atomic mass is 9.33. The number of carbonyl (C=O) groups is 4. The molecule has 0 saturated heterocycles. The fourth-order valence-corrected chi connectivity index (χ4v) is 13.9. The first-order valence-electron chi connectivity index (χ1n) is 20.7. The van der Waals surface area contributed by atoms with Gasteiger partial charge in [-0.1, -0.05) is 66.9 Å². The minimum Gasteiger partial charge on any atom is -0.481 e. The predicted molar refractivity (Wildman–Crippen MR) is 201 cm³/mol. The number of Topliss-reactive ketones (excluding diaryl/α,β-unsaturated/α-hetero) is 1. The zero-order chi connectivity index (χ0) is 38.4. The number of nitrogens with zero attached hydrogens (tertiary/aromatic N) is 1. The van der Waals surface area contributed by atoms with Gasteiger partial charge in [-0.3, -0.25) is 19.2 Å². The molecule has 0 spiro atoms. The van der Waals surface area contributed by atoms with Crippen molar-refractivity contribution in [2.45, 2.75) is 164 Å². The number of allylic oxidation sites excluding steroid dienone is 1. The summed E-state index contributed by atoms with van der Waals surface area (Å²) in [6.45, 7) is 19.8. The van der Waals surface area contributed by atoms with E-state index in [9.17, 15) is 29.4 Å². The number of fused-ring (bicyclic) bond motifs is 7. The number of carbonyl (C=O) groups excluding carboxylic acids is 3. The maximum Gasteiger partial charge on any atom is 0.309 e. The van der Waals surface area contributed by atoms with Crippen molar-refractivity contribution in [3.05, 3.63) is 11.1 Å². The highest BCUT2D eigenvalue weighted by Gasteiger charge is 2.71. The number of carboxylic acids is 1. The quantitative estimate of drug-likeness (QED) is 0.229. The van der Waals surface area contributed by atoms with Crippen molar-refractivity contribution in [3.8, 4) is 0 Å². The van der Waals surface area contributed by atoms with Gasteiger partial charge in [0.05, 0.1) is 17.9 Å². The summed E-state index contributed by atoms with van der Waals surface area (Å²) in [6.07, 6.45) is 10.8. The molecular weight excluding hydrogens is 654 g/mol. The lowest BCUT2D eigenvalue weighted by Crippen LogP contribution is -2.66. The van der Waals surface area contributed by atoms with E-state index in [0.29, 0.717) is 18.3 Å². The van der Waals surface area contributed by atoms with Crippen molar-refractivity contribution in [3.63, 3.8) is 0 Å². The molecule has 9 atom stereocenters. The van der Waals surface area contributed by atoms with Gasteiger partial charge in [-0.25, -0.2) is 0 Å². The summed E-state index contributed by atoms with van der Waals surface area (Å²) < 4.78 is 6.16. The Morgan fingerprint density at radius 2 is 1.54 bits per heavy atom. The van der Waals surface area contributed by atoms with Crippen molar-refractivity contribution in [2.75, 3.05) is 13.6 Å². The summed E-state index contributed by atoms with van der Waals surface area (Å²) in [5.41, 5.74) is 0.178. The van der Waals surface area contributed by atoms with Crippen LogP contribution in [0.5, 0.6) is 0 Å². The second-order valence-corrected chi connectivity index (χ2v) is 20.8. The minimum atomic E-state index is -1.17. The molecule has 292 valence electrons. The van der Waals surface area contributed by atoms with Gasteiger partial charge in [0.15, 0.2) is 5.78 Å². The molecular formula is C44H69NO7. The monoisotopic (exact) mass is 724 g/mol. The maximum absolute atomic E-state index is 14.1. The van der Waals surface area contributed by atoms with E-state index in [2.05, 4.69) is 48.5 Å². The number of amides is 1. The third-order valence-corrected chi connectivity index (χ3v) is 17.0. The third-order valence-electron chi connectivity index (χ3n) is 17.0. The molecule has 8 nitrogen and oxygen atoms in total. The smallest absolute Gasteiger partial charge is 0.309 e. The highest BCUT2D eigenvalue weighted by molar-refractivity contribution is 6.00. The number of aliphatic hydroxyl groups excluding tert-OH is 1. The van der Waals surface area contributed by atoms with Crippen molar-refractivity contribution in [1.29, 1.82) is 0 Å². The van der Waals surface area contributed by atoms with Crippen LogP contribution in [0.3, 0.4) is 0 Å². The van der Waals surface area contributed by atoms with E-state index in [1.807, 2.05) is 7.05 Å². The van der Waals surface area contributed by atoms with E-state index in [-0.39, 0.29) is 70.2 Å². The minimum absolute atomic E-state index is 0.0271. The molecule has 5 fully saturated rings. The number of ether oxygens (including phenoxy) is 1. The average molecular weight is 724 g/mol. The molecule has 0 heterocycles. The van der Waals surface area contributed by atoms with Gasteiger partial charge < -0.3 is 19.8 Å². The van der Waals surface area contributed by atoms with Gasteiger partial charge in [-0.2, -0.15) is 0 Å². The zero-order valence-corrected chi connectivity index (χ0v) is 34.0. The highest BCUT2D eigenvalue weighted by atomic mass is 16.5. The number of aliphatic hydroxyl groups is 1. The van der Waals surface area contributed by atoms with Crippen molar-refractivity contribution < 1.29 is 34.1 Å².